The molecule has 0 unspecified atom stereocenters. The molecule has 3 aliphatic heterocycles. The number of fused-ring (bicyclic) bond motifs is 1. The first-order valence-corrected chi connectivity index (χ1v) is 13.3. The van der Waals surface area contributed by atoms with Gasteiger partial charge in [0.15, 0.2) is 6.10 Å². The summed E-state index contributed by atoms with van der Waals surface area (Å²) < 4.78 is 34.0. The highest BCUT2D eigenvalue weighted by Crippen LogP contribution is 2.36. The van der Waals surface area contributed by atoms with E-state index >= 15 is 0 Å². The summed E-state index contributed by atoms with van der Waals surface area (Å²) in [6.07, 6.45) is 2.85. The highest BCUT2D eigenvalue weighted by molar-refractivity contribution is 7.89. The topological polar surface area (TPSA) is 108 Å². The number of hydrogen-bond donors (Lipinski definition) is 2. The first kappa shape index (κ1) is 24.0. The molecule has 4 rings (SSSR count). The van der Waals surface area contributed by atoms with Gasteiger partial charge in [-0.3, -0.25) is 14.5 Å². The molecule has 0 saturated carbocycles. The third-order valence-electron chi connectivity index (χ3n) is 7.00. The Morgan fingerprint density at radius 2 is 2.00 bits per heavy atom. The maximum Gasteiger partial charge on any atom is 0.265 e. The minimum Gasteiger partial charge on any atom is -0.479 e. The van der Waals surface area contributed by atoms with Crippen LogP contribution in [0.5, 0.6) is 5.75 Å². The number of benzene rings is 1. The number of ether oxygens (including phenoxy) is 1. The molecule has 1 aromatic rings. The molecule has 2 N–H and O–H groups in total. The Hall–Kier alpha value is -2.17. The Balaban J connectivity index is 1.46. The summed E-state index contributed by atoms with van der Waals surface area (Å²) >= 11 is 0. The third kappa shape index (κ3) is 4.88. The molecule has 3 aliphatic rings. The zero-order valence-corrected chi connectivity index (χ0v) is 20.4. The van der Waals surface area contributed by atoms with E-state index in [1.54, 1.807) is 19.9 Å². The van der Waals surface area contributed by atoms with Crippen LogP contribution in [0, 0.1) is 12.8 Å². The van der Waals surface area contributed by atoms with Crippen molar-refractivity contribution >= 4 is 27.5 Å². The average Bonchev–Trinajstić information content (AvgIpc) is 3.26. The Kier molecular flexibility index (Phi) is 6.97. The average molecular weight is 479 g/mol. The van der Waals surface area contributed by atoms with Gasteiger partial charge in [-0.1, -0.05) is 6.92 Å². The predicted octanol–water partition coefficient (Wildman–Crippen LogP) is 1.72. The van der Waals surface area contributed by atoms with Crippen LogP contribution in [0.4, 0.5) is 5.69 Å². The van der Waals surface area contributed by atoms with Gasteiger partial charge in [-0.05, 0) is 64.3 Å². The lowest BCUT2D eigenvalue weighted by molar-refractivity contribution is -0.126. The van der Waals surface area contributed by atoms with E-state index < -0.39 is 16.1 Å². The lowest BCUT2D eigenvalue weighted by Gasteiger charge is -2.32. The van der Waals surface area contributed by atoms with Crippen molar-refractivity contribution in [3.63, 3.8) is 0 Å². The number of likely N-dealkylation sites (tertiary alicyclic amines) is 1. The van der Waals surface area contributed by atoms with Gasteiger partial charge in [0.25, 0.3) is 5.91 Å². The lowest BCUT2D eigenvalue weighted by atomic mass is 9.98. The summed E-state index contributed by atoms with van der Waals surface area (Å²) in [6.45, 7) is 8.65. The molecule has 2 saturated heterocycles. The van der Waals surface area contributed by atoms with Gasteiger partial charge >= 0.3 is 0 Å². The van der Waals surface area contributed by atoms with Crippen molar-refractivity contribution in [2.75, 3.05) is 38.0 Å². The number of hydrogen-bond acceptors (Lipinski definition) is 6. The number of amides is 2. The van der Waals surface area contributed by atoms with Gasteiger partial charge < -0.3 is 15.4 Å². The molecule has 0 aliphatic carbocycles. The summed E-state index contributed by atoms with van der Waals surface area (Å²) in [5, 5.41) is 5.82. The molecular weight excluding hydrogens is 444 g/mol. The molecule has 0 bridgehead atoms. The minimum atomic E-state index is -3.81. The van der Waals surface area contributed by atoms with Crippen molar-refractivity contribution in [2.24, 2.45) is 5.92 Å². The molecule has 0 aromatic heterocycles. The number of carbonyl (C=O) groups is 2. The van der Waals surface area contributed by atoms with Gasteiger partial charge in [0, 0.05) is 31.7 Å². The van der Waals surface area contributed by atoms with Crippen LogP contribution < -0.4 is 15.4 Å². The zero-order chi connectivity index (χ0) is 23.8. The van der Waals surface area contributed by atoms with Gasteiger partial charge in [0.05, 0.1) is 16.5 Å². The fourth-order valence-corrected chi connectivity index (χ4v) is 6.79. The molecule has 0 spiro atoms. The normalized spacial score (nSPS) is 26.4. The van der Waals surface area contributed by atoms with Crippen LogP contribution in [-0.2, 0) is 19.6 Å². The quantitative estimate of drug-likeness (QED) is 0.645. The van der Waals surface area contributed by atoms with Gasteiger partial charge in [0.1, 0.15) is 5.75 Å². The SMILES string of the molecule is CCN1CCC[C@@H]1CNC(=O)[C@@H]1CCCN(S(=O)(=O)c2cc3c(cc2C)NC(=O)[C@@H](C)O3)C1. The second-order valence-corrected chi connectivity index (χ2v) is 11.1. The van der Waals surface area contributed by atoms with E-state index in [-0.39, 0.29) is 29.2 Å². The van der Waals surface area contributed by atoms with Crippen molar-refractivity contribution < 1.29 is 22.7 Å². The number of piperidine rings is 1. The predicted molar refractivity (Wildman–Crippen MR) is 125 cm³/mol. The van der Waals surface area contributed by atoms with E-state index in [0.29, 0.717) is 49.0 Å². The highest BCUT2D eigenvalue weighted by atomic mass is 32.2. The van der Waals surface area contributed by atoms with E-state index in [9.17, 15) is 18.0 Å². The van der Waals surface area contributed by atoms with E-state index in [1.807, 2.05) is 0 Å². The smallest absolute Gasteiger partial charge is 0.265 e. The molecule has 3 heterocycles. The summed E-state index contributed by atoms with van der Waals surface area (Å²) in [5.74, 6) is -0.352. The molecule has 10 heteroatoms. The van der Waals surface area contributed by atoms with E-state index in [2.05, 4.69) is 22.5 Å². The number of nitrogens with zero attached hydrogens (tertiary/aromatic N) is 2. The molecule has 3 atom stereocenters. The Labute approximate surface area is 195 Å². The molecular formula is C23H34N4O5S. The summed E-state index contributed by atoms with van der Waals surface area (Å²) in [6, 6.07) is 3.48. The summed E-state index contributed by atoms with van der Waals surface area (Å²) in [5.41, 5.74) is 0.998. The molecule has 1 aromatic carbocycles. The number of rotatable bonds is 6. The molecule has 2 amide bonds. The zero-order valence-electron chi connectivity index (χ0n) is 19.6. The van der Waals surface area contributed by atoms with E-state index in [1.165, 1.54) is 10.4 Å². The Morgan fingerprint density at radius 3 is 2.76 bits per heavy atom. The molecule has 2 fully saturated rings. The lowest BCUT2D eigenvalue weighted by Crippen LogP contribution is -2.47. The fraction of sp³-hybridized carbons (Fsp3) is 0.652. The first-order valence-electron chi connectivity index (χ1n) is 11.8. The first-order chi connectivity index (χ1) is 15.7. The molecule has 33 heavy (non-hydrogen) atoms. The number of anilines is 1. The largest absolute Gasteiger partial charge is 0.479 e. The Morgan fingerprint density at radius 1 is 1.24 bits per heavy atom. The summed E-state index contributed by atoms with van der Waals surface area (Å²) in [7, 11) is -3.81. The van der Waals surface area contributed by atoms with E-state index in [4.69, 9.17) is 4.74 Å². The van der Waals surface area contributed by atoms with Crippen LogP contribution in [0.15, 0.2) is 17.0 Å². The number of likely N-dealkylation sites (N-methyl/N-ethyl adjacent to an activating group) is 1. The van der Waals surface area contributed by atoms with Crippen LogP contribution >= 0.6 is 0 Å². The summed E-state index contributed by atoms with van der Waals surface area (Å²) in [4.78, 5) is 27.3. The highest BCUT2D eigenvalue weighted by Gasteiger charge is 2.36. The fourth-order valence-electron chi connectivity index (χ4n) is 5.04. The monoisotopic (exact) mass is 478 g/mol. The van der Waals surface area contributed by atoms with Crippen molar-refractivity contribution in [2.45, 2.75) is 63.5 Å². The van der Waals surface area contributed by atoms with Crippen molar-refractivity contribution in [1.29, 1.82) is 0 Å². The standard InChI is InChI=1S/C23H34N4O5S/c1-4-26-9-6-8-18(26)13-24-23(29)17-7-5-10-27(14-17)33(30,31)21-12-20-19(11-15(21)2)25-22(28)16(3)32-20/h11-12,16-18H,4-10,13-14H2,1-3H3,(H,24,29)(H,25,28)/t16-,17-,18-/m1/s1. The third-order valence-corrected chi connectivity index (χ3v) is 9.01. The van der Waals surface area contributed by atoms with E-state index in [0.717, 1.165) is 25.9 Å². The second-order valence-electron chi connectivity index (χ2n) is 9.24. The van der Waals surface area contributed by atoms with Crippen LogP contribution in [0.25, 0.3) is 0 Å². The number of nitrogens with one attached hydrogen (secondary N) is 2. The molecule has 9 nitrogen and oxygen atoms in total. The maximum atomic E-state index is 13.5. The Bertz CT molecular complexity index is 1030. The van der Waals surface area contributed by atoms with Gasteiger partial charge in [-0.2, -0.15) is 4.31 Å². The maximum absolute atomic E-state index is 13.5. The van der Waals surface area contributed by atoms with Crippen LogP contribution in [-0.4, -0.2) is 74.3 Å². The van der Waals surface area contributed by atoms with Gasteiger partial charge in [-0.25, -0.2) is 8.42 Å². The molecule has 0 radical (unpaired) electrons. The van der Waals surface area contributed by atoms with Crippen molar-refractivity contribution in [1.82, 2.24) is 14.5 Å². The van der Waals surface area contributed by atoms with Crippen LogP contribution in [0.1, 0.15) is 45.1 Å². The number of aryl methyl sites for hydroxylation is 1. The molecule has 182 valence electrons. The van der Waals surface area contributed by atoms with Gasteiger partial charge in [-0.15, -0.1) is 0 Å². The number of carbonyl (C=O) groups excluding carboxylic acids is 2. The van der Waals surface area contributed by atoms with Crippen molar-refractivity contribution in [3.8, 4) is 5.75 Å². The second kappa shape index (κ2) is 9.60. The van der Waals surface area contributed by atoms with Crippen LogP contribution in [0.3, 0.4) is 0 Å². The van der Waals surface area contributed by atoms with Crippen molar-refractivity contribution in [3.05, 3.63) is 17.7 Å². The van der Waals surface area contributed by atoms with Gasteiger partial charge in [0.2, 0.25) is 15.9 Å². The number of sulfonamides is 1. The van der Waals surface area contributed by atoms with Crippen LogP contribution in [0.2, 0.25) is 0 Å². The minimum absolute atomic E-state index is 0.0695.